The lowest BCUT2D eigenvalue weighted by molar-refractivity contribution is 0.665. The number of hydrogen-bond acceptors (Lipinski definition) is 4. The van der Waals surface area contributed by atoms with Gasteiger partial charge in [0.1, 0.15) is 0 Å². The molecular formula is C15H20N4. The number of nitrogens with zero attached hydrogens (tertiary/aromatic N) is 3. The fraction of sp³-hybridized carbons (Fsp3) is 0.333. The van der Waals surface area contributed by atoms with Crippen molar-refractivity contribution in [1.82, 2.24) is 10.2 Å². The maximum absolute atomic E-state index is 6.01. The summed E-state index contributed by atoms with van der Waals surface area (Å²) in [7, 11) is 0. The van der Waals surface area contributed by atoms with Crippen LogP contribution in [0.3, 0.4) is 0 Å². The Kier molecular flexibility index (Phi) is 4.00. The Balaban J connectivity index is 2.26. The van der Waals surface area contributed by atoms with Gasteiger partial charge < -0.3 is 10.6 Å². The summed E-state index contributed by atoms with van der Waals surface area (Å²) >= 11 is 0. The number of rotatable bonds is 4. The van der Waals surface area contributed by atoms with Crippen molar-refractivity contribution in [3.05, 3.63) is 47.7 Å². The van der Waals surface area contributed by atoms with Crippen molar-refractivity contribution in [2.45, 2.75) is 33.4 Å². The first kappa shape index (κ1) is 13.3. The minimum absolute atomic E-state index is 0.330. The highest BCUT2D eigenvalue weighted by atomic mass is 15.3. The van der Waals surface area contributed by atoms with Crippen LogP contribution in [0.15, 0.2) is 36.4 Å². The van der Waals surface area contributed by atoms with Crippen LogP contribution in [0.1, 0.15) is 25.1 Å². The number of para-hydroxylation sites is 1. The van der Waals surface area contributed by atoms with Gasteiger partial charge in [-0.25, -0.2) is 0 Å². The van der Waals surface area contributed by atoms with Gasteiger partial charge in [-0.3, -0.25) is 0 Å². The molecule has 0 aliphatic carbocycles. The predicted octanol–water partition coefficient (Wildman–Crippen LogP) is 2.78. The van der Waals surface area contributed by atoms with E-state index in [4.69, 9.17) is 5.73 Å². The molecule has 0 aliphatic rings. The van der Waals surface area contributed by atoms with Crippen molar-refractivity contribution in [2.24, 2.45) is 0 Å². The Labute approximate surface area is 114 Å². The summed E-state index contributed by atoms with van der Waals surface area (Å²) in [4.78, 5) is 2.19. The lowest BCUT2D eigenvalue weighted by Gasteiger charge is -2.28. The summed E-state index contributed by atoms with van der Waals surface area (Å²) in [5.41, 5.74) is 8.85. The third kappa shape index (κ3) is 3.22. The van der Waals surface area contributed by atoms with Crippen LogP contribution in [0.4, 0.5) is 11.5 Å². The molecule has 19 heavy (non-hydrogen) atoms. The molecule has 0 amide bonds. The van der Waals surface area contributed by atoms with E-state index in [1.807, 2.05) is 43.3 Å². The van der Waals surface area contributed by atoms with Crippen LogP contribution in [0, 0.1) is 6.92 Å². The Morgan fingerprint density at radius 2 is 1.84 bits per heavy atom. The van der Waals surface area contributed by atoms with Gasteiger partial charge in [-0.15, -0.1) is 5.10 Å². The molecule has 0 bridgehead atoms. The quantitative estimate of drug-likeness (QED) is 0.855. The molecule has 1 heterocycles. The van der Waals surface area contributed by atoms with Crippen LogP contribution in [0.25, 0.3) is 0 Å². The van der Waals surface area contributed by atoms with E-state index in [9.17, 15) is 0 Å². The van der Waals surface area contributed by atoms with Crippen LogP contribution >= 0.6 is 0 Å². The highest BCUT2D eigenvalue weighted by molar-refractivity contribution is 5.49. The van der Waals surface area contributed by atoms with E-state index in [1.54, 1.807) is 0 Å². The second-order valence-corrected chi connectivity index (χ2v) is 4.95. The lowest BCUT2D eigenvalue weighted by atomic mass is 10.1. The van der Waals surface area contributed by atoms with Crippen molar-refractivity contribution in [1.29, 1.82) is 0 Å². The Hall–Kier alpha value is -2.10. The molecule has 0 saturated heterocycles. The third-order valence-electron chi connectivity index (χ3n) is 3.10. The molecule has 0 spiro atoms. The Bertz CT molecular complexity index is 534. The van der Waals surface area contributed by atoms with E-state index in [0.717, 1.165) is 29.3 Å². The van der Waals surface area contributed by atoms with Crippen LogP contribution in [0.5, 0.6) is 0 Å². The Morgan fingerprint density at radius 3 is 2.42 bits per heavy atom. The van der Waals surface area contributed by atoms with E-state index >= 15 is 0 Å². The zero-order valence-corrected chi connectivity index (χ0v) is 11.7. The second-order valence-electron chi connectivity index (χ2n) is 4.95. The number of nitrogens with two attached hydrogens (primary N) is 1. The Morgan fingerprint density at radius 1 is 1.11 bits per heavy atom. The average molecular weight is 256 g/mol. The highest BCUT2D eigenvalue weighted by Gasteiger charge is 2.14. The minimum Gasteiger partial charge on any atom is -0.398 e. The lowest BCUT2D eigenvalue weighted by Crippen LogP contribution is -2.31. The monoisotopic (exact) mass is 256 g/mol. The topological polar surface area (TPSA) is 55.0 Å². The smallest absolute Gasteiger partial charge is 0.151 e. The maximum Gasteiger partial charge on any atom is 0.151 e. The molecule has 0 aliphatic heterocycles. The molecule has 2 aromatic rings. The zero-order valence-electron chi connectivity index (χ0n) is 11.7. The normalized spacial score (nSPS) is 10.7. The standard InChI is InChI=1S/C15H20N4/c1-11(2)19(15-9-8-12(3)17-18-15)10-13-6-4-5-7-14(13)16/h4-9,11H,10,16H2,1-3H3. The van der Waals surface area contributed by atoms with Gasteiger partial charge in [0.25, 0.3) is 0 Å². The van der Waals surface area contributed by atoms with Gasteiger partial charge >= 0.3 is 0 Å². The number of aryl methyl sites for hydroxylation is 1. The van der Waals surface area contributed by atoms with E-state index in [0.29, 0.717) is 6.04 Å². The van der Waals surface area contributed by atoms with E-state index in [2.05, 4.69) is 28.9 Å². The summed E-state index contributed by atoms with van der Waals surface area (Å²) < 4.78 is 0. The highest BCUT2D eigenvalue weighted by Crippen LogP contribution is 2.20. The molecule has 4 heteroatoms. The number of anilines is 2. The van der Waals surface area contributed by atoms with Crippen LogP contribution in [-0.4, -0.2) is 16.2 Å². The first-order valence-corrected chi connectivity index (χ1v) is 6.48. The van der Waals surface area contributed by atoms with Gasteiger partial charge in [-0.05, 0) is 44.5 Å². The molecule has 0 radical (unpaired) electrons. The summed E-state index contributed by atoms with van der Waals surface area (Å²) in [6, 6.07) is 12.2. The van der Waals surface area contributed by atoms with Crippen LogP contribution in [0.2, 0.25) is 0 Å². The molecule has 0 unspecified atom stereocenters. The number of benzene rings is 1. The van der Waals surface area contributed by atoms with Gasteiger partial charge in [0.2, 0.25) is 0 Å². The molecule has 2 rings (SSSR count). The fourth-order valence-corrected chi connectivity index (χ4v) is 1.93. The molecule has 2 N–H and O–H groups in total. The van der Waals surface area contributed by atoms with Crippen molar-refractivity contribution in [3.63, 3.8) is 0 Å². The van der Waals surface area contributed by atoms with Crippen molar-refractivity contribution in [3.8, 4) is 0 Å². The number of hydrogen-bond donors (Lipinski definition) is 1. The average Bonchev–Trinajstić information content (AvgIpc) is 2.39. The first-order chi connectivity index (χ1) is 9.08. The number of aromatic nitrogens is 2. The van der Waals surface area contributed by atoms with Gasteiger partial charge in [-0.1, -0.05) is 18.2 Å². The fourth-order valence-electron chi connectivity index (χ4n) is 1.93. The van der Waals surface area contributed by atoms with Crippen molar-refractivity contribution in [2.75, 3.05) is 10.6 Å². The SMILES string of the molecule is Cc1ccc(N(Cc2ccccc2N)C(C)C)nn1. The number of nitrogen functional groups attached to an aromatic ring is 1. The van der Waals surface area contributed by atoms with Gasteiger partial charge in [0.15, 0.2) is 5.82 Å². The van der Waals surface area contributed by atoms with Crippen LogP contribution in [-0.2, 0) is 6.54 Å². The summed E-state index contributed by atoms with van der Waals surface area (Å²) in [6.07, 6.45) is 0. The zero-order chi connectivity index (χ0) is 13.8. The summed E-state index contributed by atoms with van der Waals surface area (Å²) in [5, 5.41) is 8.38. The van der Waals surface area contributed by atoms with Crippen LogP contribution < -0.4 is 10.6 Å². The van der Waals surface area contributed by atoms with Gasteiger partial charge in [0.05, 0.1) is 5.69 Å². The van der Waals surface area contributed by atoms with E-state index < -0.39 is 0 Å². The molecule has 1 aromatic heterocycles. The first-order valence-electron chi connectivity index (χ1n) is 6.48. The predicted molar refractivity (Wildman–Crippen MR) is 78.9 cm³/mol. The van der Waals surface area contributed by atoms with Crippen molar-refractivity contribution >= 4 is 11.5 Å². The summed E-state index contributed by atoms with van der Waals surface area (Å²) in [6.45, 7) is 6.95. The third-order valence-corrected chi connectivity index (χ3v) is 3.10. The summed E-state index contributed by atoms with van der Waals surface area (Å²) in [5.74, 6) is 0.879. The van der Waals surface area contributed by atoms with E-state index in [-0.39, 0.29) is 0 Å². The molecule has 4 nitrogen and oxygen atoms in total. The largest absolute Gasteiger partial charge is 0.398 e. The molecule has 1 aromatic carbocycles. The van der Waals surface area contributed by atoms with Crippen molar-refractivity contribution < 1.29 is 0 Å². The maximum atomic E-state index is 6.01. The minimum atomic E-state index is 0.330. The molecule has 100 valence electrons. The molecule has 0 saturated carbocycles. The molecule has 0 atom stereocenters. The molecule has 0 fully saturated rings. The van der Waals surface area contributed by atoms with Gasteiger partial charge in [-0.2, -0.15) is 5.10 Å². The van der Waals surface area contributed by atoms with E-state index in [1.165, 1.54) is 0 Å². The van der Waals surface area contributed by atoms with Gasteiger partial charge in [0, 0.05) is 18.3 Å². The molecular weight excluding hydrogens is 236 g/mol. The second kappa shape index (κ2) is 5.69.